The number of nitrogens with zero attached hydrogens (tertiary/aromatic N) is 4. The van der Waals surface area contributed by atoms with Gasteiger partial charge in [-0.1, -0.05) is 18.2 Å². The van der Waals surface area contributed by atoms with Crippen LogP contribution in [0.3, 0.4) is 0 Å². The van der Waals surface area contributed by atoms with Crippen molar-refractivity contribution in [2.75, 3.05) is 5.32 Å². The van der Waals surface area contributed by atoms with Crippen molar-refractivity contribution in [1.29, 1.82) is 0 Å². The highest BCUT2D eigenvalue weighted by atomic mass is 32.1. The lowest BCUT2D eigenvalue weighted by atomic mass is 10.1. The van der Waals surface area contributed by atoms with Crippen molar-refractivity contribution in [3.05, 3.63) is 67.9 Å². The molecule has 29 heavy (non-hydrogen) atoms. The Morgan fingerprint density at radius 3 is 2.55 bits per heavy atom. The number of hydrogen-bond donors (Lipinski definition) is 1. The van der Waals surface area contributed by atoms with E-state index < -0.39 is 17.2 Å². The minimum atomic E-state index is -0.561. The fourth-order valence-electron chi connectivity index (χ4n) is 3.40. The molecule has 0 radical (unpaired) electrons. The maximum atomic E-state index is 12.6. The Bertz CT molecular complexity index is 1390. The van der Waals surface area contributed by atoms with Gasteiger partial charge in [-0.15, -0.1) is 11.3 Å². The van der Waals surface area contributed by atoms with E-state index in [1.807, 2.05) is 37.6 Å². The summed E-state index contributed by atoms with van der Waals surface area (Å²) in [6, 6.07) is 9.21. The Morgan fingerprint density at radius 2 is 1.79 bits per heavy atom. The summed E-state index contributed by atoms with van der Waals surface area (Å²) < 4.78 is 4.19. The molecule has 0 saturated heterocycles. The summed E-state index contributed by atoms with van der Waals surface area (Å²) in [6.45, 7) is 2.03. The molecule has 1 amide bonds. The average molecular weight is 409 g/mol. The summed E-state index contributed by atoms with van der Waals surface area (Å²) in [5.41, 5.74) is 2.84. The molecule has 3 aromatic heterocycles. The van der Waals surface area contributed by atoms with E-state index in [9.17, 15) is 14.4 Å². The number of benzene rings is 1. The molecule has 3 heterocycles. The molecule has 1 aromatic carbocycles. The smallest absolute Gasteiger partial charge is 0.331 e. The maximum Gasteiger partial charge on any atom is 0.331 e. The van der Waals surface area contributed by atoms with Gasteiger partial charge in [-0.25, -0.2) is 9.78 Å². The molecule has 1 N–H and O–H groups in total. The fraction of sp³-hybridized carbons (Fsp3) is 0.200. The van der Waals surface area contributed by atoms with Crippen molar-refractivity contribution in [2.45, 2.75) is 6.92 Å². The zero-order valence-corrected chi connectivity index (χ0v) is 17.2. The van der Waals surface area contributed by atoms with Crippen LogP contribution in [0.2, 0.25) is 0 Å². The van der Waals surface area contributed by atoms with E-state index in [4.69, 9.17) is 0 Å². The third-order valence-electron chi connectivity index (χ3n) is 5.14. The van der Waals surface area contributed by atoms with Crippen molar-refractivity contribution in [3.8, 4) is 11.3 Å². The van der Waals surface area contributed by atoms with E-state index in [2.05, 4.69) is 20.9 Å². The van der Waals surface area contributed by atoms with Gasteiger partial charge in [0.15, 0.2) is 5.13 Å². The predicted molar refractivity (Wildman–Crippen MR) is 114 cm³/mol. The quantitative estimate of drug-likeness (QED) is 0.562. The zero-order valence-electron chi connectivity index (χ0n) is 16.4. The SMILES string of the molecule is Cc1c(-c2csc(NC(=O)c3cc(=O)n(C)c(=O)n3C)n2)c2ccccc2n1C. The fourth-order valence-corrected chi connectivity index (χ4v) is 4.10. The lowest BCUT2D eigenvalue weighted by Gasteiger charge is -2.08. The molecule has 0 fully saturated rings. The highest BCUT2D eigenvalue weighted by molar-refractivity contribution is 7.14. The standard InChI is InChI=1S/C20H19N5O3S/c1-11-17(12-7-5-6-8-14(12)23(11)2)13-10-29-19(21-13)22-18(27)15-9-16(26)25(4)20(28)24(15)3/h5-10H,1-4H3,(H,21,22,27). The largest absolute Gasteiger partial charge is 0.347 e. The summed E-state index contributed by atoms with van der Waals surface area (Å²) in [4.78, 5) is 41.1. The van der Waals surface area contributed by atoms with E-state index in [1.54, 1.807) is 0 Å². The molecule has 0 spiro atoms. The van der Waals surface area contributed by atoms with Crippen LogP contribution in [-0.4, -0.2) is 24.6 Å². The number of anilines is 1. The second-order valence-electron chi connectivity index (χ2n) is 6.80. The molecule has 9 heteroatoms. The Hall–Kier alpha value is -3.46. The average Bonchev–Trinajstić information content (AvgIpc) is 3.26. The van der Waals surface area contributed by atoms with Crippen LogP contribution in [0.4, 0.5) is 5.13 Å². The van der Waals surface area contributed by atoms with Crippen molar-refractivity contribution in [3.63, 3.8) is 0 Å². The first-order valence-electron chi connectivity index (χ1n) is 8.88. The van der Waals surface area contributed by atoms with Gasteiger partial charge in [-0.3, -0.25) is 24.0 Å². The molecule has 0 atom stereocenters. The maximum absolute atomic E-state index is 12.6. The number of fused-ring (bicyclic) bond motifs is 1. The van der Waals surface area contributed by atoms with Gasteiger partial charge in [-0.05, 0) is 13.0 Å². The number of rotatable bonds is 3. The summed E-state index contributed by atoms with van der Waals surface area (Å²) in [5.74, 6) is -0.558. The lowest BCUT2D eigenvalue weighted by molar-refractivity contribution is 0.101. The van der Waals surface area contributed by atoms with Crippen molar-refractivity contribution in [2.24, 2.45) is 21.1 Å². The molecule has 0 saturated carbocycles. The van der Waals surface area contributed by atoms with E-state index in [0.29, 0.717) is 5.13 Å². The van der Waals surface area contributed by atoms with Gasteiger partial charge in [0.1, 0.15) is 5.69 Å². The first-order chi connectivity index (χ1) is 13.8. The highest BCUT2D eigenvalue weighted by Crippen LogP contribution is 2.35. The summed E-state index contributed by atoms with van der Waals surface area (Å²) >= 11 is 1.29. The minimum Gasteiger partial charge on any atom is -0.347 e. The van der Waals surface area contributed by atoms with Gasteiger partial charge in [0, 0.05) is 54.7 Å². The van der Waals surface area contributed by atoms with Gasteiger partial charge < -0.3 is 4.57 Å². The number of aryl methyl sites for hydroxylation is 1. The van der Waals surface area contributed by atoms with E-state index in [1.165, 1.54) is 25.4 Å². The first kappa shape index (κ1) is 18.9. The molecule has 0 unspecified atom stereocenters. The highest BCUT2D eigenvalue weighted by Gasteiger charge is 2.18. The number of hydrogen-bond acceptors (Lipinski definition) is 5. The normalized spacial score (nSPS) is 11.2. The summed E-state index contributed by atoms with van der Waals surface area (Å²) in [7, 11) is 4.82. The summed E-state index contributed by atoms with van der Waals surface area (Å²) in [5, 5.41) is 6.06. The number of carbonyl (C=O) groups is 1. The van der Waals surface area contributed by atoms with Crippen LogP contribution in [0.15, 0.2) is 45.3 Å². The molecular formula is C20H19N5O3S. The van der Waals surface area contributed by atoms with Crippen LogP contribution in [0, 0.1) is 6.92 Å². The van der Waals surface area contributed by atoms with E-state index in [-0.39, 0.29) is 5.69 Å². The number of carbonyl (C=O) groups excluding carboxylic acids is 1. The van der Waals surface area contributed by atoms with Gasteiger partial charge in [-0.2, -0.15) is 0 Å². The van der Waals surface area contributed by atoms with Crippen LogP contribution < -0.4 is 16.6 Å². The number of thiazole rings is 1. The molecule has 0 bridgehead atoms. The van der Waals surface area contributed by atoms with Crippen molar-refractivity contribution in [1.82, 2.24) is 18.7 Å². The zero-order chi connectivity index (χ0) is 20.9. The number of aromatic nitrogens is 4. The minimum absolute atomic E-state index is 0.0174. The number of nitrogens with one attached hydrogen (secondary N) is 1. The van der Waals surface area contributed by atoms with Crippen LogP contribution in [0.1, 0.15) is 16.2 Å². The van der Waals surface area contributed by atoms with Crippen molar-refractivity contribution < 1.29 is 4.79 Å². The Kier molecular flexibility index (Phi) is 4.46. The second kappa shape index (κ2) is 6.85. The summed E-state index contributed by atoms with van der Waals surface area (Å²) in [6.07, 6.45) is 0. The van der Waals surface area contributed by atoms with E-state index in [0.717, 1.165) is 43.1 Å². The molecule has 148 valence electrons. The topological polar surface area (TPSA) is 90.9 Å². The third-order valence-corrected chi connectivity index (χ3v) is 5.90. The molecule has 0 aliphatic heterocycles. The van der Waals surface area contributed by atoms with E-state index >= 15 is 0 Å². The first-order valence-corrected chi connectivity index (χ1v) is 9.76. The van der Waals surface area contributed by atoms with Crippen LogP contribution in [0.5, 0.6) is 0 Å². The van der Waals surface area contributed by atoms with Crippen LogP contribution >= 0.6 is 11.3 Å². The van der Waals surface area contributed by atoms with Gasteiger partial charge in [0.05, 0.1) is 5.69 Å². The monoisotopic (exact) mass is 409 g/mol. The molecular weight excluding hydrogens is 390 g/mol. The predicted octanol–water partition coefficient (Wildman–Crippen LogP) is 2.26. The Balaban J connectivity index is 1.70. The molecule has 4 rings (SSSR count). The van der Waals surface area contributed by atoms with Gasteiger partial charge >= 0.3 is 5.69 Å². The molecule has 4 aromatic rings. The van der Waals surface area contributed by atoms with Crippen LogP contribution in [-0.2, 0) is 21.1 Å². The number of para-hydroxylation sites is 1. The Labute approximate surface area is 169 Å². The molecule has 0 aliphatic carbocycles. The molecule has 8 nitrogen and oxygen atoms in total. The van der Waals surface area contributed by atoms with Gasteiger partial charge in [0.25, 0.3) is 11.5 Å². The number of amides is 1. The van der Waals surface area contributed by atoms with Crippen LogP contribution in [0.25, 0.3) is 22.2 Å². The van der Waals surface area contributed by atoms with Crippen molar-refractivity contribution >= 4 is 33.3 Å². The molecule has 0 aliphatic rings. The second-order valence-corrected chi connectivity index (χ2v) is 7.66. The third kappa shape index (κ3) is 2.99. The Morgan fingerprint density at radius 1 is 1.07 bits per heavy atom. The van der Waals surface area contributed by atoms with Gasteiger partial charge in [0.2, 0.25) is 0 Å². The lowest BCUT2D eigenvalue weighted by Crippen LogP contribution is -2.40.